The quantitative estimate of drug-likeness (QED) is 0.574. The van der Waals surface area contributed by atoms with E-state index in [0.717, 1.165) is 19.3 Å². The summed E-state index contributed by atoms with van der Waals surface area (Å²) in [4.78, 5) is 33.6. The van der Waals surface area contributed by atoms with Crippen LogP contribution in [0.5, 0.6) is 0 Å². The van der Waals surface area contributed by atoms with Gasteiger partial charge in [-0.05, 0) is 19.3 Å². The van der Waals surface area contributed by atoms with Crippen LogP contribution in [0.1, 0.15) is 39.0 Å². The Morgan fingerprint density at radius 2 is 1.92 bits per heavy atom. The third-order valence-corrected chi connectivity index (χ3v) is 2.55. The van der Waals surface area contributed by atoms with Crippen LogP contribution in [-0.2, 0) is 14.4 Å². The van der Waals surface area contributed by atoms with Crippen molar-refractivity contribution in [2.24, 2.45) is 5.92 Å². The SMILES string of the molecule is CCC1CCCCC(=O)C(=O)C1=O. The Kier molecular flexibility index (Phi) is 3.34. The maximum absolute atomic E-state index is 11.4. The van der Waals surface area contributed by atoms with Crippen molar-refractivity contribution in [1.29, 1.82) is 0 Å². The lowest BCUT2D eigenvalue weighted by molar-refractivity contribution is -0.146. The molecule has 3 nitrogen and oxygen atoms in total. The van der Waals surface area contributed by atoms with Crippen molar-refractivity contribution in [3.63, 3.8) is 0 Å². The molecule has 1 atom stereocenters. The normalized spacial score (nSPS) is 25.6. The summed E-state index contributed by atoms with van der Waals surface area (Å²) in [5, 5.41) is 0. The van der Waals surface area contributed by atoms with Crippen molar-refractivity contribution >= 4 is 17.3 Å². The molecule has 0 spiro atoms. The second-order valence-corrected chi connectivity index (χ2v) is 3.47. The van der Waals surface area contributed by atoms with Gasteiger partial charge in [-0.2, -0.15) is 0 Å². The lowest BCUT2D eigenvalue weighted by Crippen LogP contribution is -2.31. The summed E-state index contributed by atoms with van der Waals surface area (Å²) in [6.45, 7) is 1.88. The van der Waals surface area contributed by atoms with Gasteiger partial charge in [-0.1, -0.05) is 13.3 Å². The minimum Gasteiger partial charge on any atom is -0.290 e. The van der Waals surface area contributed by atoms with Gasteiger partial charge in [0.1, 0.15) is 0 Å². The number of ketones is 3. The van der Waals surface area contributed by atoms with Crippen LogP contribution in [0.3, 0.4) is 0 Å². The summed E-state index contributed by atoms with van der Waals surface area (Å²) in [5.41, 5.74) is 0. The number of hydrogen-bond donors (Lipinski definition) is 0. The second kappa shape index (κ2) is 4.30. The van der Waals surface area contributed by atoms with E-state index >= 15 is 0 Å². The monoisotopic (exact) mass is 182 g/mol. The molecule has 1 aliphatic carbocycles. The average Bonchev–Trinajstić information content (AvgIpc) is 2.14. The fraction of sp³-hybridized carbons (Fsp3) is 0.700. The Morgan fingerprint density at radius 3 is 2.54 bits per heavy atom. The van der Waals surface area contributed by atoms with Crippen LogP contribution in [0.4, 0.5) is 0 Å². The molecule has 1 unspecified atom stereocenters. The summed E-state index contributed by atoms with van der Waals surface area (Å²) in [7, 11) is 0. The largest absolute Gasteiger partial charge is 0.290 e. The van der Waals surface area contributed by atoms with Crippen LogP contribution >= 0.6 is 0 Å². The molecule has 0 aromatic carbocycles. The number of hydrogen-bond acceptors (Lipinski definition) is 3. The van der Waals surface area contributed by atoms with Gasteiger partial charge in [0.2, 0.25) is 11.6 Å². The smallest absolute Gasteiger partial charge is 0.264 e. The molecule has 0 bridgehead atoms. The second-order valence-electron chi connectivity index (χ2n) is 3.47. The molecule has 0 heterocycles. The average molecular weight is 182 g/mol. The fourth-order valence-corrected chi connectivity index (χ4v) is 1.63. The molecule has 0 amide bonds. The van der Waals surface area contributed by atoms with Gasteiger partial charge in [0.05, 0.1) is 0 Å². The fourth-order valence-electron chi connectivity index (χ4n) is 1.63. The molecule has 72 valence electrons. The van der Waals surface area contributed by atoms with Gasteiger partial charge in [0.25, 0.3) is 5.78 Å². The maximum Gasteiger partial charge on any atom is 0.264 e. The first-order chi connectivity index (χ1) is 6.16. The molecule has 0 radical (unpaired) electrons. The molecule has 0 N–H and O–H groups in total. The number of Topliss-reactive ketones (excluding diaryl/α,β-unsaturated/α-hetero) is 3. The van der Waals surface area contributed by atoms with Crippen molar-refractivity contribution in [3.05, 3.63) is 0 Å². The van der Waals surface area contributed by atoms with Crippen molar-refractivity contribution in [2.45, 2.75) is 39.0 Å². The topological polar surface area (TPSA) is 51.2 Å². The summed E-state index contributed by atoms with van der Waals surface area (Å²) < 4.78 is 0. The minimum absolute atomic E-state index is 0.211. The lowest BCUT2D eigenvalue weighted by Gasteiger charge is -2.14. The van der Waals surface area contributed by atoms with Crippen LogP contribution in [-0.4, -0.2) is 17.3 Å². The predicted octanol–water partition coefficient (Wildman–Crippen LogP) is 1.29. The van der Waals surface area contributed by atoms with Crippen molar-refractivity contribution in [2.75, 3.05) is 0 Å². The van der Waals surface area contributed by atoms with Crippen LogP contribution < -0.4 is 0 Å². The van der Waals surface area contributed by atoms with Crippen LogP contribution in [0.25, 0.3) is 0 Å². The van der Waals surface area contributed by atoms with Crippen molar-refractivity contribution in [1.82, 2.24) is 0 Å². The highest BCUT2D eigenvalue weighted by Gasteiger charge is 2.30. The van der Waals surface area contributed by atoms with Gasteiger partial charge in [-0.25, -0.2) is 0 Å². The third kappa shape index (κ3) is 2.23. The Hall–Kier alpha value is -0.990. The molecular weight excluding hydrogens is 168 g/mol. The minimum atomic E-state index is -0.772. The van der Waals surface area contributed by atoms with E-state index in [1.165, 1.54) is 0 Å². The van der Waals surface area contributed by atoms with E-state index < -0.39 is 17.3 Å². The molecule has 0 aliphatic heterocycles. The maximum atomic E-state index is 11.4. The molecule has 1 saturated carbocycles. The molecule has 0 aromatic rings. The van der Waals surface area contributed by atoms with E-state index in [1.54, 1.807) is 0 Å². The van der Waals surface area contributed by atoms with Gasteiger partial charge >= 0.3 is 0 Å². The Labute approximate surface area is 77.5 Å². The van der Waals surface area contributed by atoms with E-state index in [0.29, 0.717) is 6.42 Å². The highest BCUT2D eigenvalue weighted by molar-refractivity contribution is 6.64. The van der Waals surface area contributed by atoms with Gasteiger partial charge < -0.3 is 0 Å². The molecule has 0 saturated heterocycles. The summed E-state index contributed by atoms with van der Waals surface area (Å²) in [5.74, 6) is -1.95. The van der Waals surface area contributed by atoms with Crippen LogP contribution in [0.15, 0.2) is 0 Å². The summed E-state index contributed by atoms with van der Waals surface area (Å²) in [6, 6.07) is 0. The zero-order valence-corrected chi connectivity index (χ0v) is 7.84. The standard InChI is InChI=1S/C10H14O3/c1-2-7-5-3-4-6-8(11)10(13)9(7)12/h7H,2-6H2,1H3. The first-order valence-electron chi connectivity index (χ1n) is 4.78. The van der Waals surface area contributed by atoms with Gasteiger partial charge in [-0.3, -0.25) is 14.4 Å². The van der Waals surface area contributed by atoms with E-state index in [-0.39, 0.29) is 12.3 Å². The van der Waals surface area contributed by atoms with E-state index in [9.17, 15) is 14.4 Å². The van der Waals surface area contributed by atoms with Gasteiger partial charge in [-0.15, -0.1) is 0 Å². The molecule has 0 aromatic heterocycles. The number of rotatable bonds is 1. The molecule has 1 rings (SSSR count). The lowest BCUT2D eigenvalue weighted by atomic mass is 9.87. The van der Waals surface area contributed by atoms with Crippen molar-refractivity contribution in [3.8, 4) is 0 Å². The highest BCUT2D eigenvalue weighted by Crippen LogP contribution is 2.18. The van der Waals surface area contributed by atoms with Gasteiger partial charge in [0, 0.05) is 12.3 Å². The van der Waals surface area contributed by atoms with E-state index in [1.807, 2.05) is 6.92 Å². The number of carbonyl (C=O) groups is 3. The van der Waals surface area contributed by atoms with Crippen molar-refractivity contribution < 1.29 is 14.4 Å². The van der Waals surface area contributed by atoms with E-state index in [2.05, 4.69) is 0 Å². The molecule has 3 heteroatoms. The van der Waals surface area contributed by atoms with Crippen LogP contribution in [0, 0.1) is 5.92 Å². The first-order valence-corrected chi connectivity index (χ1v) is 4.78. The summed E-state index contributed by atoms with van der Waals surface area (Å²) in [6.07, 6.45) is 3.30. The predicted molar refractivity (Wildman–Crippen MR) is 47.3 cm³/mol. The Balaban J connectivity index is 2.76. The molecule has 1 aliphatic rings. The zero-order valence-electron chi connectivity index (χ0n) is 7.84. The van der Waals surface area contributed by atoms with Crippen LogP contribution in [0.2, 0.25) is 0 Å². The summed E-state index contributed by atoms with van der Waals surface area (Å²) >= 11 is 0. The zero-order chi connectivity index (χ0) is 9.84. The number of carbonyl (C=O) groups excluding carboxylic acids is 3. The van der Waals surface area contributed by atoms with Gasteiger partial charge in [0.15, 0.2) is 0 Å². The molecule has 13 heavy (non-hydrogen) atoms. The Morgan fingerprint density at radius 1 is 1.23 bits per heavy atom. The third-order valence-electron chi connectivity index (χ3n) is 2.55. The first kappa shape index (κ1) is 10.1. The molecular formula is C10H14O3. The highest BCUT2D eigenvalue weighted by atomic mass is 16.2. The Bertz CT molecular complexity index is 243. The van der Waals surface area contributed by atoms with E-state index in [4.69, 9.17) is 0 Å². The molecule has 1 fully saturated rings.